The van der Waals surface area contributed by atoms with Crippen molar-refractivity contribution in [3.05, 3.63) is 0 Å². The Morgan fingerprint density at radius 1 is 1.00 bits per heavy atom. The standard InChI is InChI=1S/C16H28N4O8/c1-4-7(2)12(17)15(26)18-6-10(22)19-9(5-11(23)24)14(25)20-13(8(3)21)16(27)28/h7-9,12-13,21H,4-6,17H2,1-3H3,(H,18,26)(H,19,22)(H,20,25)(H,23,24)(H,27,28). The number of carboxylic acid groups (broad SMARTS) is 2. The molecular weight excluding hydrogens is 376 g/mol. The first-order valence-corrected chi connectivity index (χ1v) is 8.66. The predicted molar refractivity (Wildman–Crippen MR) is 95.9 cm³/mol. The van der Waals surface area contributed by atoms with Crippen molar-refractivity contribution >= 4 is 29.7 Å². The molecule has 0 aliphatic carbocycles. The maximum atomic E-state index is 12.1. The summed E-state index contributed by atoms with van der Waals surface area (Å²) in [4.78, 5) is 57.9. The van der Waals surface area contributed by atoms with E-state index in [0.29, 0.717) is 6.42 Å². The fraction of sp³-hybridized carbons (Fsp3) is 0.688. The lowest BCUT2D eigenvalue weighted by Crippen LogP contribution is -2.56. The van der Waals surface area contributed by atoms with Gasteiger partial charge in [0.05, 0.1) is 25.1 Å². The molecule has 0 heterocycles. The molecule has 8 N–H and O–H groups in total. The Hall–Kier alpha value is -2.73. The van der Waals surface area contributed by atoms with Crippen molar-refractivity contribution in [1.82, 2.24) is 16.0 Å². The van der Waals surface area contributed by atoms with E-state index in [1.807, 2.05) is 12.2 Å². The Balaban J connectivity index is 4.92. The number of aliphatic hydroxyl groups excluding tert-OH is 1. The molecule has 5 atom stereocenters. The minimum absolute atomic E-state index is 0.123. The highest BCUT2D eigenvalue weighted by atomic mass is 16.4. The molecule has 0 radical (unpaired) electrons. The largest absolute Gasteiger partial charge is 0.481 e. The second kappa shape index (κ2) is 11.9. The topological polar surface area (TPSA) is 208 Å². The number of rotatable bonds is 12. The Labute approximate surface area is 161 Å². The predicted octanol–water partition coefficient (Wildman–Crippen LogP) is -2.61. The van der Waals surface area contributed by atoms with Crippen LogP contribution in [0.4, 0.5) is 0 Å². The fourth-order valence-electron chi connectivity index (χ4n) is 2.07. The van der Waals surface area contributed by atoms with Crippen molar-refractivity contribution in [3.8, 4) is 0 Å². The van der Waals surface area contributed by atoms with Gasteiger partial charge in [-0.1, -0.05) is 20.3 Å². The van der Waals surface area contributed by atoms with Gasteiger partial charge in [0.15, 0.2) is 6.04 Å². The summed E-state index contributed by atoms with van der Waals surface area (Å²) in [7, 11) is 0. The molecule has 0 aromatic carbocycles. The number of hydrogen-bond donors (Lipinski definition) is 7. The zero-order valence-electron chi connectivity index (χ0n) is 16.0. The van der Waals surface area contributed by atoms with Crippen LogP contribution >= 0.6 is 0 Å². The van der Waals surface area contributed by atoms with E-state index < -0.39 is 66.9 Å². The monoisotopic (exact) mass is 404 g/mol. The first kappa shape index (κ1) is 25.3. The van der Waals surface area contributed by atoms with Gasteiger partial charge in [-0.25, -0.2) is 4.79 Å². The van der Waals surface area contributed by atoms with Gasteiger partial charge in [-0.2, -0.15) is 0 Å². The molecule has 0 aromatic rings. The number of carboxylic acids is 2. The summed E-state index contributed by atoms with van der Waals surface area (Å²) >= 11 is 0. The SMILES string of the molecule is CCC(C)C(N)C(=O)NCC(=O)NC(CC(=O)O)C(=O)NC(C(=O)O)C(C)O. The average molecular weight is 404 g/mol. The van der Waals surface area contributed by atoms with Gasteiger partial charge in [-0.3, -0.25) is 19.2 Å². The molecule has 0 fully saturated rings. The fourth-order valence-corrected chi connectivity index (χ4v) is 2.07. The zero-order chi connectivity index (χ0) is 22.0. The van der Waals surface area contributed by atoms with Crippen molar-refractivity contribution in [3.63, 3.8) is 0 Å². The Morgan fingerprint density at radius 2 is 1.57 bits per heavy atom. The molecule has 0 aromatic heterocycles. The van der Waals surface area contributed by atoms with Crippen LogP contribution in [0.25, 0.3) is 0 Å². The van der Waals surface area contributed by atoms with E-state index in [0.717, 1.165) is 6.92 Å². The zero-order valence-corrected chi connectivity index (χ0v) is 16.0. The summed E-state index contributed by atoms with van der Waals surface area (Å²) in [5.74, 6) is -5.63. The van der Waals surface area contributed by atoms with E-state index in [4.69, 9.17) is 15.9 Å². The van der Waals surface area contributed by atoms with Crippen molar-refractivity contribution in [2.45, 2.75) is 57.8 Å². The summed E-state index contributed by atoms with van der Waals surface area (Å²) in [6.07, 6.45) is -1.64. The molecule has 0 spiro atoms. The second-order valence-electron chi connectivity index (χ2n) is 6.41. The maximum absolute atomic E-state index is 12.1. The summed E-state index contributed by atoms with van der Waals surface area (Å²) in [5, 5.41) is 33.6. The molecule has 0 aliphatic heterocycles. The lowest BCUT2D eigenvalue weighted by molar-refractivity contribution is -0.145. The molecule has 0 saturated carbocycles. The van der Waals surface area contributed by atoms with Gasteiger partial charge >= 0.3 is 11.9 Å². The summed E-state index contributed by atoms with van der Waals surface area (Å²) in [5.41, 5.74) is 5.72. The number of aliphatic hydroxyl groups is 1. The number of hydrogen-bond acceptors (Lipinski definition) is 7. The average Bonchev–Trinajstić information content (AvgIpc) is 2.60. The third-order valence-electron chi connectivity index (χ3n) is 4.06. The quantitative estimate of drug-likeness (QED) is 0.181. The van der Waals surface area contributed by atoms with Gasteiger partial charge in [0.1, 0.15) is 6.04 Å². The van der Waals surface area contributed by atoms with Crippen LogP contribution in [0.15, 0.2) is 0 Å². The second-order valence-corrected chi connectivity index (χ2v) is 6.41. The van der Waals surface area contributed by atoms with E-state index in [1.54, 1.807) is 6.92 Å². The van der Waals surface area contributed by atoms with E-state index in [1.165, 1.54) is 0 Å². The normalized spacial score (nSPS) is 16.0. The minimum Gasteiger partial charge on any atom is -0.481 e. The van der Waals surface area contributed by atoms with Gasteiger partial charge < -0.3 is 37.0 Å². The Kier molecular flexibility index (Phi) is 10.7. The number of nitrogens with one attached hydrogen (secondary N) is 3. The van der Waals surface area contributed by atoms with Crippen LogP contribution in [0.1, 0.15) is 33.6 Å². The molecule has 0 aliphatic rings. The lowest BCUT2D eigenvalue weighted by Gasteiger charge is -2.22. The number of amides is 3. The van der Waals surface area contributed by atoms with Crippen molar-refractivity contribution in [2.75, 3.05) is 6.54 Å². The number of carbonyl (C=O) groups excluding carboxylic acids is 3. The number of nitrogens with two attached hydrogens (primary N) is 1. The Bertz CT molecular complexity index is 595. The molecular formula is C16H28N4O8. The van der Waals surface area contributed by atoms with Gasteiger partial charge in [-0.05, 0) is 12.8 Å². The highest BCUT2D eigenvalue weighted by molar-refractivity contribution is 5.94. The first-order valence-electron chi connectivity index (χ1n) is 8.66. The molecule has 5 unspecified atom stereocenters. The molecule has 0 bridgehead atoms. The summed E-state index contributed by atoms with van der Waals surface area (Å²) in [6.45, 7) is 4.18. The summed E-state index contributed by atoms with van der Waals surface area (Å²) in [6, 6.07) is -4.13. The third-order valence-corrected chi connectivity index (χ3v) is 4.06. The van der Waals surface area contributed by atoms with Crippen LogP contribution in [0.5, 0.6) is 0 Å². The minimum atomic E-state index is -1.69. The van der Waals surface area contributed by atoms with Crippen LogP contribution in [-0.4, -0.2) is 75.8 Å². The number of carbonyl (C=O) groups is 5. The van der Waals surface area contributed by atoms with Gasteiger partial charge in [-0.15, -0.1) is 0 Å². The molecule has 28 heavy (non-hydrogen) atoms. The van der Waals surface area contributed by atoms with E-state index in [9.17, 15) is 29.1 Å². The maximum Gasteiger partial charge on any atom is 0.328 e. The highest BCUT2D eigenvalue weighted by Crippen LogP contribution is 2.04. The van der Waals surface area contributed by atoms with Crippen LogP contribution in [-0.2, 0) is 24.0 Å². The third kappa shape index (κ3) is 8.77. The smallest absolute Gasteiger partial charge is 0.328 e. The van der Waals surface area contributed by atoms with Crippen molar-refractivity contribution in [2.24, 2.45) is 11.7 Å². The first-order chi connectivity index (χ1) is 12.9. The van der Waals surface area contributed by atoms with E-state index in [2.05, 4.69) is 10.6 Å². The van der Waals surface area contributed by atoms with Gasteiger partial charge in [0.2, 0.25) is 17.7 Å². The van der Waals surface area contributed by atoms with E-state index >= 15 is 0 Å². The van der Waals surface area contributed by atoms with Crippen LogP contribution in [0, 0.1) is 5.92 Å². The summed E-state index contributed by atoms with van der Waals surface area (Å²) < 4.78 is 0. The molecule has 0 saturated heterocycles. The van der Waals surface area contributed by atoms with Crippen LogP contribution in [0.3, 0.4) is 0 Å². The molecule has 160 valence electrons. The molecule has 12 heteroatoms. The number of aliphatic carboxylic acids is 2. The lowest BCUT2D eigenvalue weighted by atomic mass is 9.99. The van der Waals surface area contributed by atoms with Gasteiger partial charge in [0, 0.05) is 0 Å². The van der Waals surface area contributed by atoms with Crippen molar-refractivity contribution < 1.29 is 39.3 Å². The molecule has 12 nitrogen and oxygen atoms in total. The molecule has 3 amide bonds. The van der Waals surface area contributed by atoms with Gasteiger partial charge in [0.25, 0.3) is 0 Å². The van der Waals surface area contributed by atoms with Crippen LogP contribution in [0.2, 0.25) is 0 Å². The van der Waals surface area contributed by atoms with Crippen molar-refractivity contribution in [1.29, 1.82) is 0 Å². The van der Waals surface area contributed by atoms with E-state index in [-0.39, 0.29) is 5.92 Å². The molecule has 0 rings (SSSR count). The highest BCUT2D eigenvalue weighted by Gasteiger charge is 2.31. The van der Waals surface area contributed by atoms with Crippen LogP contribution < -0.4 is 21.7 Å². The Morgan fingerprint density at radius 3 is 2.00 bits per heavy atom.